The normalized spacial score (nSPS) is 10.4. The molecule has 6 heteroatoms. The molecule has 0 saturated carbocycles. The van der Waals surface area contributed by atoms with Crippen LogP contribution in [-0.2, 0) is 11.2 Å². The smallest absolute Gasteiger partial charge is 0.298 e. The highest BCUT2D eigenvalue weighted by Crippen LogP contribution is 2.23. The minimum Gasteiger partial charge on any atom is -0.490 e. The highest BCUT2D eigenvalue weighted by atomic mass is 19.1. The molecule has 0 radical (unpaired) electrons. The number of H-pyrrole nitrogens is 1. The molecular weight excluding hydrogens is 275 g/mol. The Morgan fingerprint density at radius 2 is 2.19 bits per heavy atom. The first-order valence-electron chi connectivity index (χ1n) is 6.65. The van der Waals surface area contributed by atoms with Crippen LogP contribution in [0.15, 0.2) is 18.2 Å². The Kier molecular flexibility index (Phi) is 4.92. The van der Waals surface area contributed by atoms with Crippen molar-refractivity contribution in [3.8, 4) is 11.5 Å². The van der Waals surface area contributed by atoms with Crippen LogP contribution in [0.5, 0.6) is 11.5 Å². The van der Waals surface area contributed by atoms with E-state index in [9.17, 15) is 9.18 Å². The Balaban J connectivity index is 1.88. The van der Waals surface area contributed by atoms with Gasteiger partial charge in [0.25, 0.3) is 6.47 Å². The minimum absolute atomic E-state index is 0.0787. The quantitative estimate of drug-likeness (QED) is 0.629. The molecule has 5 nitrogen and oxygen atoms in total. The minimum atomic E-state index is -0.482. The number of ether oxygens (including phenoxy) is 2. The zero-order chi connectivity index (χ0) is 15.2. The van der Waals surface area contributed by atoms with Gasteiger partial charge in [0.05, 0.1) is 12.3 Å². The van der Waals surface area contributed by atoms with Crippen LogP contribution in [0.1, 0.15) is 23.4 Å². The lowest BCUT2D eigenvalue weighted by Gasteiger charge is -2.08. The zero-order valence-electron chi connectivity index (χ0n) is 12.0. The predicted octanol–water partition coefficient (Wildman–Crippen LogP) is 2.71. The van der Waals surface area contributed by atoms with E-state index in [1.807, 2.05) is 13.8 Å². The summed E-state index contributed by atoms with van der Waals surface area (Å²) in [5.74, 6) is -0.151. The van der Waals surface area contributed by atoms with Crippen molar-refractivity contribution < 1.29 is 18.7 Å². The Morgan fingerprint density at radius 3 is 2.86 bits per heavy atom. The third kappa shape index (κ3) is 3.81. The largest absolute Gasteiger partial charge is 0.490 e. The second-order valence-corrected chi connectivity index (χ2v) is 4.67. The molecule has 0 saturated heterocycles. The molecule has 112 valence electrons. The van der Waals surface area contributed by atoms with E-state index in [0.717, 1.165) is 29.8 Å². The molecule has 0 atom stereocenters. The van der Waals surface area contributed by atoms with Gasteiger partial charge in [-0.25, -0.2) is 4.39 Å². The van der Waals surface area contributed by atoms with Gasteiger partial charge in [0.1, 0.15) is 5.75 Å². The molecule has 1 heterocycles. The number of halogens is 1. The molecule has 0 bridgehead atoms. The van der Waals surface area contributed by atoms with Crippen LogP contribution in [0.3, 0.4) is 0 Å². The van der Waals surface area contributed by atoms with Crippen molar-refractivity contribution >= 4 is 6.47 Å². The lowest BCUT2D eigenvalue weighted by Crippen LogP contribution is -2.02. The number of benzene rings is 1. The van der Waals surface area contributed by atoms with Crippen LogP contribution in [0.2, 0.25) is 0 Å². The first kappa shape index (κ1) is 15.0. The average molecular weight is 292 g/mol. The summed E-state index contributed by atoms with van der Waals surface area (Å²) in [6, 6.07) is 3.94. The molecule has 1 aromatic carbocycles. The number of carbonyl (C=O) groups excluding carboxylic acids is 1. The van der Waals surface area contributed by atoms with Crippen molar-refractivity contribution in [2.75, 3.05) is 6.61 Å². The van der Waals surface area contributed by atoms with Crippen LogP contribution in [0.25, 0.3) is 0 Å². The van der Waals surface area contributed by atoms with E-state index in [2.05, 4.69) is 14.9 Å². The van der Waals surface area contributed by atoms with Crippen LogP contribution >= 0.6 is 0 Å². The summed E-state index contributed by atoms with van der Waals surface area (Å²) >= 11 is 0. The summed E-state index contributed by atoms with van der Waals surface area (Å²) in [4.78, 5) is 10.3. The molecule has 0 amide bonds. The van der Waals surface area contributed by atoms with E-state index in [-0.39, 0.29) is 11.5 Å². The van der Waals surface area contributed by atoms with E-state index in [1.165, 1.54) is 18.2 Å². The zero-order valence-corrected chi connectivity index (χ0v) is 12.0. The monoisotopic (exact) mass is 292 g/mol. The van der Waals surface area contributed by atoms with Gasteiger partial charge in [-0.3, -0.25) is 9.89 Å². The maximum absolute atomic E-state index is 13.6. The number of nitrogens with zero attached hydrogens (tertiary/aromatic N) is 1. The Bertz CT molecular complexity index is 606. The predicted molar refractivity (Wildman–Crippen MR) is 75.0 cm³/mol. The Labute approximate surface area is 122 Å². The molecule has 21 heavy (non-hydrogen) atoms. The first-order chi connectivity index (χ1) is 10.1. The molecular formula is C15H17FN2O3. The van der Waals surface area contributed by atoms with Crippen molar-refractivity contribution in [3.63, 3.8) is 0 Å². The lowest BCUT2D eigenvalue weighted by atomic mass is 10.1. The lowest BCUT2D eigenvalue weighted by molar-refractivity contribution is -0.120. The maximum atomic E-state index is 13.6. The molecule has 2 rings (SSSR count). The van der Waals surface area contributed by atoms with Gasteiger partial charge in [0.2, 0.25) is 0 Å². The second kappa shape index (κ2) is 6.88. The van der Waals surface area contributed by atoms with Gasteiger partial charge in [0.15, 0.2) is 11.6 Å². The fourth-order valence-corrected chi connectivity index (χ4v) is 2.10. The van der Waals surface area contributed by atoms with Gasteiger partial charge in [-0.1, -0.05) is 0 Å². The van der Waals surface area contributed by atoms with E-state index >= 15 is 0 Å². The van der Waals surface area contributed by atoms with Crippen LogP contribution in [-0.4, -0.2) is 23.3 Å². The van der Waals surface area contributed by atoms with E-state index in [1.54, 1.807) is 0 Å². The maximum Gasteiger partial charge on any atom is 0.298 e. The second-order valence-electron chi connectivity index (χ2n) is 4.67. The van der Waals surface area contributed by atoms with Crippen molar-refractivity contribution in [1.82, 2.24) is 10.2 Å². The Morgan fingerprint density at radius 1 is 1.38 bits per heavy atom. The number of rotatable bonds is 7. The van der Waals surface area contributed by atoms with Crippen LogP contribution in [0.4, 0.5) is 4.39 Å². The fourth-order valence-electron chi connectivity index (χ4n) is 2.10. The van der Waals surface area contributed by atoms with E-state index in [4.69, 9.17) is 4.74 Å². The average Bonchev–Trinajstić information content (AvgIpc) is 2.78. The van der Waals surface area contributed by atoms with Gasteiger partial charge in [-0.05, 0) is 44.4 Å². The summed E-state index contributed by atoms with van der Waals surface area (Å²) in [6.07, 6.45) is 1.54. The third-order valence-electron chi connectivity index (χ3n) is 3.20. The first-order valence-corrected chi connectivity index (χ1v) is 6.65. The highest BCUT2D eigenvalue weighted by molar-refractivity contribution is 5.47. The van der Waals surface area contributed by atoms with Crippen molar-refractivity contribution in [1.29, 1.82) is 0 Å². The van der Waals surface area contributed by atoms with Gasteiger partial charge in [-0.2, -0.15) is 5.10 Å². The number of hydrogen-bond donors (Lipinski definition) is 1. The third-order valence-corrected chi connectivity index (χ3v) is 3.20. The molecule has 1 N–H and O–H groups in total. The summed E-state index contributed by atoms with van der Waals surface area (Å²) < 4.78 is 23.6. The molecule has 0 fully saturated rings. The van der Waals surface area contributed by atoms with Gasteiger partial charge in [-0.15, -0.1) is 0 Å². The van der Waals surface area contributed by atoms with Gasteiger partial charge >= 0.3 is 0 Å². The van der Waals surface area contributed by atoms with Crippen molar-refractivity contribution in [2.24, 2.45) is 0 Å². The molecule has 0 unspecified atom stereocenters. The molecule has 0 aliphatic carbocycles. The van der Waals surface area contributed by atoms with Crippen molar-refractivity contribution in [2.45, 2.75) is 26.7 Å². The molecule has 1 aromatic heterocycles. The molecule has 0 aliphatic rings. The fraction of sp³-hybridized carbons (Fsp3) is 0.333. The highest BCUT2D eigenvalue weighted by Gasteiger charge is 2.08. The number of carbonyl (C=O) groups is 1. The molecule has 2 aromatic rings. The topological polar surface area (TPSA) is 64.2 Å². The summed E-state index contributed by atoms with van der Waals surface area (Å²) in [5.41, 5.74) is 3.18. The van der Waals surface area contributed by atoms with Crippen LogP contribution < -0.4 is 9.47 Å². The Hall–Kier alpha value is -2.37. The van der Waals surface area contributed by atoms with Crippen LogP contribution in [0, 0.1) is 19.7 Å². The summed E-state index contributed by atoms with van der Waals surface area (Å²) in [5, 5.41) is 7.05. The SMILES string of the molecule is Cc1n[nH]c(C)c1CCCOc1cc(OC=O)ccc1F. The number of nitrogens with one attached hydrogen (secondary N) is 1. The van der Waals surface area contributed by atoms with E-state index in [0.29, 0.717) is 13.1 Å². The summed E-state index contributed by atoms with van der Waals surface area (Å²) in [6.45, 7) is 4.57. The molecule has 0 aliphatic heterocycles. The standard InChI is InChI=1S/C15H17FN2O3/c1-10-13(11(2)18-17-10)4-3-7-20-15-8-12(21-9-19)5-6-14(15)16/h5-6,8-9H,3-4,7H2,1-2H3,(H,17,18). The number of hydrogen-bond acceptors (Lipinski definition) is 4. The van der Waals surface area contributed by atoms with E-state index < -0.39 is 5.82 Å². The van der Waals surface area contributed by atoms with Gasteiger partial charge in [0, 0.05) is 11.8 Å². The number of aryl methyl sites for hydroxylation is 2. The molecule has 0 spiro atoms. The van der Waals surface area contributed by atoms with Crippen molar-refractivity contribution in [3.05, 3.63) is 41.0 Å². The summed E-state index contributed by atoms with van der Waals surface area (Å²) in [7, 11) is 0. The number of aromatic amines is 1. The number of aromatic nitrogens is 2. The van der Waals surface area contributed by atoms with Gasteiger partial charge < -0.3 is 9.47 Å².